The smallest absolute Gasteiger partial charge is 0.407 e. The van der Waals surface area contributed by atoms with Gasteiger partial charge >= 0.3 is 6.09 Å². The van der Waals surface area contributed by atoms with Crippen LogP contribution in [0, 0.1) is 0 Å². The summed E-state index contributed by atoms with van der Waals surface area (Å²) in [5, 5.41) is 5.03. The molecule has 2 aromatic carbocycles. The van der Waals surface area contributed by atoms with Gasteiger partial charge in [-0.2, -0.15) is 0 Å². The Bertz CT molecular complexity index is 754. The van der Waals surface area contributed by atoms with Crippen LogP contribution >= 0.6 is 12.2 Å². The molecule has 3 rings (SSSR count). The lowest BCUT2D eigenvalue weighted by Crippen LogP contribution is -2.35. The van der Waals surface area contributed by atoms with Crippen LogP contribution in [0.1, 0.15) is 24.0 Å². The SMILES string of the molecule is C[C@@H](CN=C=S)NC(=O)OCC1c2ccccc2-c2ccccc21. The van der Waals surface area contributed by atoms with Crippen molar-refractivity contribution in [2.75, 3.05) is 13.2 Å². The first-order chi connectivity index (χ1) is 11.7. The topological polar surface area (TPSA) is 50.7 Å². The van der Waals surface area contributed by atoms with E-state index < -0.39 is 6.09 Å². The molecule has 1 aliphatic rings. The average molecular weight is 338 g/mol. The quantitative estimate of drug-likeness (QED) is 0.662. The van der Waals surface area contributed by atoms with Crippen molar-refractivity contribution in [3.05, 3.63) is 59.7 Å². The Hall–Kier alpha value is -2.49. The monoisotopic (exact) mass is 338 g/mol. The molecule has 0 radical (unpaired) electrons. The maximum absolute atomic E-state index is 12.0. The number of nitrogens with one attached hydrogen (secondary N) is 1. The molecule has 0 heterocycles. The maximum atomic E-state index is 12.0. The second-order valence-corrected chi connectivity index (χ2v) is 5.99. The fourth-order valence-electron chi connectivity index (χ4n) is 3.06. The van der Waals surface area contributed by atoms with E-state index in [4.69, 9.17) is 4.74 Å². The lowest BCUT2D eigenvalue weighted by molar-refractivity contribution is 0.140. The zero-order valence-electron chi connectivity index (χ0n) is 13.4. The van der Waals surface area contributed by atoms with Crippen LogP contribution in [0.4, 0.5) is 4.79 Å². The van der Waals surface area contributed by atoms with Gasteiger partial charge < -0.3 is 10.1 Å². The molecule has 24 heavy (non-hydrogen) atoms. The number of alkyl carbamates (subject to hydrolysis) is 1. The number of ether oxygens (including phenoxy) is 1. The molecule has 1 aliphatic carbocycles. The number of hydrogen-bond acceptors (Lipinski definition) is 4. The highest BCUT2D eigenvalue weighted by Gasteiger charge is 2.29. The van der Waals surface area contributed by atoms with Crippen molar-refractivity contribution in [2.24, 2.45) is 4.99 Å². The van der Waals surface area contributed by atoms with E-state index in [1.807, 2.05) is 31.2 Å². The van der Waals surface area contributed by atoms with Gasteiger partial charge in [0.25, 0.3) is 0 Å². The summed E-state index contributed by atoms with van der Waals surface area (Å²) in [5.74, 6) is 0.0671. The largest absolute Gasteiger partial charge is 0.449 e. The zero-order valence-corrected chi connectivity index (χ0v) is 14.2. The molecule has 0 spiro atoms. The minimum absolute atomic E-state index is 0.0671. The molecule has 0 aromatic heterocycles. The third-order valence-electron chi connectivity index (χ3n) is 4.14. The second-order valence-electron chi connectivity index (χ2n) is 5.80. The summed E-state index contributed by atoms with van der Waals surface area (Å²) in [6.45, 7) is 2.55. The van der Waals surface area contributed by atoms with Crippen molar-refractivity contribution in [1.82, 2.24) is 5.32 Å². The van der Waals surface area contributed by atoms with Gasteiger partial charge in [-0.15, -0.1) is 0 Å². The number of isothiocyanates is 1. The lowest BCUT2D eigenvalue weighted by Gasteiger charge is -2.16. The highest BCUT2D eigenvalue weighted by molar-refractivity contribution is 7.78. The minimum Gasteiger partial charge on any atom is -0.449 e. The van der Waals surface area contributed by atoms with Crippen LogP contribution < -0.4 is 5.32 Å². The second kappa shape index (κ2) is 7.39. The summed E-state index contributed by atoms with van der Waals surface area (Å²) in [6, 6.07) is 16.4. The van der Waals surface area contributed by atoms with Crippen LogP contribution in [0.25, 0.3) is 11.1 Å². The van der Waals surface area contributed by atoms with Crippen molar-refractivity contribution in [1.29, 1.82) is 0 Å². The molecular weight excluding hydrogens is 320 g/mol. The van der Waals surface area contributed by atoms with E-state index in [0.717, 1.165) is 0 Å². The number of benzene rings is 2. The number of carbonyl (C=O) groups excluding carboxylic acids is 1. The molecule has 1 amide bonds. The zero-order chi connectivity index (χ0) is 16.9. The number of fused-ring (bicyclic) bond motifs is 3. The normalized spacial score (nSPS) is 13.4. The molecule has 1 atom stereocenters. The highest BCUT2D eigenvalue weighted by atomic mass is 32.1. The summed E-state index contributed by atoms with van der Waals surface area (Å²) in [7, 11) is 0. The van der Waals surface area contributed by atoms with E-state index in [-0.39, 0.29) is 12.0 Å². The molecule has 0 bridgehead atoms. The van der Waals surface area contributed by atoms with Crippen molar-refractivity contribution in [3.8, 4) is 11.1 Å². The Labute approximate surface area is 146 Å². The van der Waals surface area contributed by atoms with Crippen LogP contribution in [0.5, 0.6) is 0 Å². The summed E-state index contributed by atoms with van der Waals surface area (Å²) >= 11 is 4.52. The van der Waals surface area contributed by atoms with Crippen molar-refractivity contribution in [2.45, 2.75) is 18.9 Å². The molecule has 0 unspecified atom stereocenters. The molecule has 0 aliphatic heterocycles. The van der Waals surface area contributed by atoms with Crippen molar-refractivity contribution >= 4 is 23.5 Å². The summed E-state index contributed by atoms with van der Waals surface area (Å²) in [4.78, 5) is 15.8. The van der Waals surface area contributed by atoms with Crippen molar-refractivity contribution in [3.63, 3.8) is 0 Å². The molecule has 0 saturated carbocycles. The van der Waals surface area contributed by atoms with E-state index in [2.05, 4.69) is 52.0 Å². The molecule has 122 valence electrons. The fraction of sp³-hybridized carbons (Fsp3) is 0.263. The van der Waals surface area contributed by atoms with Gasteiger partial charge in [0.05, 0.1) is 11.7 Å². The van der Waals surface area contributed by atoms with Gasteiger partial charge in [-0.1, -0.05) is 48.5 Å². The Kier molecular flexibility index (Phi) is 5.04. The van der Waals surface area contributed by atoms with Crippen molar-refractivity contribution < 1.29 is 9.53 Å². The fourth-order valence-corrected chi connectivity index (χ4v) is 3.14. The number of amides is 1. The van der Waals surface area contributed by atoms with Gasteiger partial charge in [0.1, 0.15) is 6.61 Å². The van der Waals surface area contributed by atoms with E-state index >= 15 is 0 Å². The Morgan fingerprint density at radius 1 is 1.21 bits per heavy atom. The molecule has 0 fully saturated rings. The number of carbonyl (C=O) groups is 1. The summed E-state index contributed by atoms with van der Waals surface area (Å²) in [5.41, 5.74) is 4.83. The number of thiocarbonyl (C=S) groups is 1. The molecular formula is C19H18N2O2S. The van der Waals surface area contributed by atoms with Crippen LogP contribution in [-0.4, -0.2) is 30.4 Å². The highest BCUT2D eigenvalue weighted by Crippen LogP contribution is 2.44. The first-order valence-corrected chi connectivity index (χ1v) is 8.26. The summed E-state index contributed by atoms with van der Waals surface area (Å²) < 4.78 is 5.45. The van der Waals surface area contributed by atoms with E-state index in [0.29, 0.717) is 13.2 Å². The molecule has 0 saturated heterocycles. The molecule has 5 heteroatoms. The number of aliphatic imine (C=N–C) groups is 1. The lowest BCUT2D eigenvalue weighted by atomic mass is 9.98. The number of nitrogens with zero attached hydrogens (tertiary/aromatic N) is 1. The first-order valence-electron chi connectivity index (χ1n) is 7.86. The minimum atomic E-state index is -0.441. The van der Waals surface area contributed by atoms with Crippen LogP contribution in [0.3, 0.4) is 0 Å². The van der Waals surface area contributed by atoms with Gasteiger partial charge in [0.2, 0.25) is 0 Å². The van der Waals surface area contributed by atoms with Crippen LogP contribution in [0.2, 0.25) is 0 Å². The first kappa shape index (κ1) is 16.4. The third-order valence-corrected chi connectivity index (χ3v) is 4.27. The molecule has 2 aromatic rings. The predicted octanol–water partition coefficient (Wildman–Crippen LogP) is 4.02. The summed E-state index contributed by atoms with van der Waals surface area (Å²) in [6.07, 6.45) is -0.441. The van der Waals surface area contributed by atoms with Gasteiger partial charge in [0, 0.05) is 12.0 Å². The van der Waals surface area contributed by atoms with Gasteiger partial charge in [0.15, 0.2) is 0 Å². The number of hydrogen-bond donors (Lipinski definition) is 1. The maximum Gasteiger partial charge on any atom is 0.407 e. The van der Waals surface area contributed by atoms with Crippen LogP contribution in [0.15, 0.2) is 53.5 Å². The predicted molar refractivity (Wildman–Crippen MR) is 97.6 cm³/mol. The van der Waals surface area contributed by atoms with Gasteiger partial charge in [-0.25, -0.2) is 9.79 Å². The van der Waals surface area contributed by atoms with Gasteiger partial charge in [-0.3, -0.25) is 0 Å². The average Bonchev–Trinajstić information content (AvgIpc) is 2.92. The van der Waals surface area contributed by atoms with E-state index in [1.54, 1.807) is 0 Å². The van der Waals surface area contributed by atoms with Crippen LogP contribution in [-0.2, 0) is 4.74 Å². The van der Waals surface area contributed by atoms with E-state index in [1.165, 1.54) is 22.3 Å². The standard InChI is InChI=1S/C19H18N2O2S/c1-13(10-20-12-24)21-19(22)23-11-18-16-8-4-2-6-14(16)15-7-3-5-9-17(15)18/h2-9,13,18H,10-11H2,1H3,(H,21,22)/t13-/m0/s1. The third kappa shape index (κ3) is 3.37. The molecule has 1 N–H and O–H groups in total. The number of rotatable bonds is 5. The Morgan fingerprint density at radius 3 is 2.38 bits per heavy atom. The van der Waals surface area contributed by atoms with Gasteiger partial charge in [-0.05, 0) is 41.4 Å². The molecule has 4 nitrogen and oxygen atoms in total. The Morgan fingerprint density at radius 2 is 1.79 bits per heavy atom. The van der Waals surface area contributed by atoms with E-state index in [9.17, 15) is 4.79 Å². The Balaban J connectivity index is 1.69.